The maximum absolute atomic E-state index is 3.40. The van der Waals surface area contributed by atoms with E-state index in [9.17, 15) is 0 Å². The third kappa shape index (κ3) is 6.56. The largest absolute Gasteiger partial charge is 0.385 e. The molecule has 0 aliphatic rings. The third-order valence-electron chi connectivity index (χ3n) is 3.79. The molecule has 0 aromatic heterocycles. The predicted molar refractivity (Wildman–Crippen MR) is 103 cm³/mol. The normalized spacial score (nSPS) is 9.96. The van der Waals surface area contributed by atoms with E-state index in [2.05, 4.69) is 85.0 Å². The van der Waals surface area contributed by atoms with Crippen molar-refractivity contribution in [2.75, 3.05) is 11.9 Å². The topological polar surface area (TPSA) is 12.0 Å². The average Bonchev–Trinajstić information content (AvgIpc) is 2.63. The van der Waals surface area contributed by atoms with Crippen LogP contribution in [0.15, 0.2) is 78.9 Å². The summed E-state index contributed by atoms with van der Waals surface area (Å²) >= 11 is 0. The first-order chi connectivity index (χ1) is 11.4. The Labute approximate surface area is 140 Å². The second kappa shape index (κ2) is 10.4. The maximum atomic E-state index is 3.40. The molecular formula is C22H27N. The molecule has 0 aliphatic carbocycles. The lowest BCUT2D eigenvalue weighted by molar-refractivity contribution is 0.685. The fourth-order valence-electron chi connectivity index (χ4n) is 2.47. The first-order valence-corrected chi connectivity index (χ1v) is 8.63. The Morgan fingerprint density at radius 2 is 1.13 bits per heavy atom. The second-order valence-corrected chi connectivity index (χ2v) is 5.70. The molecule has 0 fully saturated rings. The molecule has 0 unspecified atom stereocenters. The molecule has 0 bridgehead atoms. The van der Waals surface area contributed by atoms with Gasteiger partial charge in [-0.1, -0.05) is 92.9 Å². The van der Waals surface area contributed by atoms with E-state index in [1.807, 2.05) is 6.07 Å². The van der Waals surface area contributed by atoms with Crippen LogP contribution in [0.2, 0.25) is 0 Å². The highest BCUT2D eigenvalue weighted by Gasteiger charge is 1.89. The van der Waals surface area contributed by atoms with E-state index >= 15 is 0 Å². The summed E-state index contributed by atoms with van der Waals surface area (Å²) in [5.74, 6) is 0. The molecule has 3 rings (SSSR count). The number of benzene rings is 3. The molecule has 0 atom stereocenters. The second-order valence-electron chi connectivity index (χ2n) is 5.70. The predicted octanol–water partition coefficient (Wildman–Crippen LogP) is 6.52. The zero-order chi connectivity index (χ0) is 16.2. The molecule has 0 saturated carbocycles. The van der Waals surface area contributed by atoms with Gasteiger partial charge < -0.3 is 5.32 Å². The number of rotatable bonds is 6. The number of unbranched alkanes of at least 4 members (excludes halogenated alkanes) is 3. The van der Waals surface area contributed by atoms with E-state index < -0.39 is 0 Å². The number of hydrogen-bond donors (Lipinski definition) is 1. The van der Waals surface area contributed by atoms with Crippen LogP contribution in [0.1, 0.15) is 32.6 Å². The van der Waals surface area contributed by atoms with Gasteiger partial charge in [0.1, 0.15) is 0 Å². The number of hydrogen-bond acceptors (Lipinski definition) is 1. The fraction of sp³-hybridized carbons (Fsp3) is 0.273. The Balaban J connectivity index is 0.000000172. The van der Waals surface area contributed by atoms with E-state index in [-0.39, 0.29) is 0 Å². The van der Waals surface area contributed by atoms with Crippen LogP contribution in [0.3, 0.4) is 0 Å². The number of anilines is 1. The quantitative estimate of drug-likeness (QED) is 0.511. The number of fused-ring (bicyclic) bond motifs is 1. The molecule has 0 amide bonds. The number of nitrogens with one attached hydrogen (secondary N) is 1. The minimum Gasteiger partial charge on any atom is -0.385 e. The van der Waals surface area contributed by atoms with E-state index in [1.165, 1.54) is 42.1 Å². The van der Waals surface area contributed by atoms with Gasteiger partial charge in [-0.05, 0) is 29.3 Å². The van der Waals surface area contributed by atoms with E-state index in [0.29, 0.717) is 0 Å². The molecule has 0 heterocycles. The monoisotopic (exact) mass is 305 g/mol. The van der Waals surface area contributed by atoms with Crippen LogP contribution in [0.25, 0.3) is 10.8 Å². The van der Waals surface area contributed by atoms with Gasteiger partial charge in [0, 0.05) is 12.2 Å². The summed E-state index contributed by atoms with van der Waals surface area (Å²) in [5, 5.41) is 6.02. The molecule has 0 spiro atoms. The Bertz CT molecular complexity index is 595. The molecule has 3 aromatic carbocycles. The van der Waals surface area contributed by atoms with Crippen molar-refractivity contribution in [3.8, 4) is 0 Å². The van der Waals surface area contributed by atoms with Gasteiger partial charge in [-0.15, -0.1) is 0 Å². The summed E-state index contributed by atoms with van der Waals surface area (Å²) in [6.07, 6.45) is 5.29. The molecule has 3 aromatic rings. The Kier molecular flexibility index (Phi) is 7.76. The van der Waals surface area contributed by atoms with Crippen LogP contribution >= 0.6 is 0 Å². The average molecular weight is 305 g/mol. The van der Waals surface area contributed by atoms with Crippen LogP contribution in [0.5, 0.6) is 0 Å². The zero-order valence-corrected chi connectivity index (χ0v) is 14.0. The minimum absolute atomic E-state index is 1.10. The molecular weight excluding hydrogens is 278 g/mol. The van der Waals surface area contributed by atoms with Gasteiger partial charge in [0.15, 0.2) is 0 Å². The van der Waals surface area contributed by atoms with Gasteiger partial charge in [-0.2, -0.15) is 0 Å². The Hall–Kier alpha value is -2.28. The van der Waals surface area contributed by atoms with Gasteiger partial charge in [-0.25, -0.2) is 0 Å². The SMILES string of the molecule is CCCCCCNc1ccccc1.c1ccc2ccccc2c1. The summed E-state index contributed by atoms with van der Waals surface area (Å²) in [5.41, 5.74) is 1.24. The van der Waals surface area contributed by atoms with Crippen molar-refractivity contribution in [2.24, 2.45) is 0 Å². The van der Waals surface area contributed by atoms with Crippen molar-refractivity contribution in [3.63, 3.8) is 0 Å². The van der Waals surface area contributed by atoms with Crippen molar-refractivity contribution in [2.45, 2.75) is 32.6 Å². The Morgan fingerprint density at radius 3 is 1.65 bits per heavy atom. The highest BCUT2D eigenvalue weighted by molar-refractivity contribution is 5.81. The summed E-state index contributed by atoms with van der Waals surface area (Å²) in [6.45, 7) is 3.34. The standard InChI is InChI=1S/C12H19N.C10H8/c1-2-3-4-8-11-13-12-9-6-5-7-10-12;1-2-6-10-8-4-3-7-9(10)5-1/h5-7,9-10,13H,2-4,8,11H2,1H3;1-8H. The third-order valence-corrected chi connectivity index (χ3v) is 3.79. The van der Waals surface area contributed by atoms with Gasteiger partial charge in [0.05, 0.1) is 0 Å². The highest BCUT2D eigenvalue weighted by Crippen LogP contribution is 2.11. The van der Waals surface area contributed by atoms with Crippen LogP contribution in [0, 0.1) is 0 Å². The highest BCUT2D eigenvalue weighted by atomic mass is 14.9. The zero-order valence-electron chi connectivity index (χ0n) is 14.0. The summed E-state index contributed by atoms with van der Waals surface area (Å²) in [6, 6.07) is 27.1. The van der Waals surface area contributed by atoms with Crippen molar-refractivity contribution in [1.29, 1.82) is 0 Å². The minimum atomic E-state index is 1.10. The lowest BCUT2D eigenvalue weighted by Crippen LogP contribution is -2.00. The van der Waals surface area contributed by atoms with Crippen LogP contribution < -0.4 is 5.32 Å². The van der Waals surface area contributed by atoms with E-state index in [1.54, 1.807) is 0 Å². The van der Waals surface area contributed by atoms with Gasteiger partial charge >= 0.3 is 0 Å². The number of para-hydroxylation sites is 1. The molecule has 0 aliphatic heterocycles. The molecule has 1 nitrogen and oxygen atoms in total. The molecule has 0 saturated heterocycles. The van der Waals surface area contributed by atoms with Gasteiger partial charge in [0.2, 0.25) is 0 Å². The van der Waals surface area contributed by atoms with Crippen molar-refractivity contribution < 1.29 is 0 Å². The van der Waals surface area contributed by atoms with Crippen LogP contribution in [-0.2, 0) is 0 Å². The summed E-state index contributed by atoms with van der Waals surface area (Å²) in [7, 11) is 0. The molecule has 120 valence electrons. The molecule has 0 radical (unpaired) electrons. The van der Waals surface area contributed by atoms with Gasteiger partial charge in [-0.3, -0.25) is 0 Å². The first kappa shape index (κ1) is 17.1. The van der Waals surface area contributed by atoms with Crippen molar-refractivity contribution in [3.05, 3.63) is 78.9 Å². The summed E-state index contributed by atoms with van der Waals surface area (Å²) < 4.78 is 0. The maximum Gasteiger partial charge on any atom is 0.0340 e. The summed E-state index contributed by atoms with van der Waals surface area (Å²) in [4.78, 5) is 0. The van der Waals surface area contributed by atoms with Crippen molar-refractivity contribution in [1.82, 2.24) is 0 Å². The van der Waals surface area contributed by atoms with E-state index in [0.717, 1.165) is 6.54 Å². The van der Waals surface area contributed by atoms with Gasteiger partial charge in [0.25, 0.3) is 0 Å². The first-order valence-electron chi connectivity index (χ1n) is 8.63. The van der Waals surface area contributed by atoms with Crippen LogP contribution in [-0.4, -0.2) is 6.54 Å². The molecule has 1 N–H and O–H groups in total. The molecule has 1 heteroatoms. The smallest absolute Gasteiger partial charge is 0.0340 e. The lowest BCUT2D eigenvalue weighted by Gasteiger charge is -2.04. The Morgan fingerprint density at radius 1 is 0.609 bits per heavy atom. The van der Waals surface area contributed by atoms with Crippen molar-refractivity contribution >= 4 is 16.5 Å². The lowest BCUT2D eigenvalue weighted by atomic mass is 10.1. The fourth-order valence-corrected chi connectivity index (χ4v) is 2.47. The van der Waals surface area contributed by atoms with E-state index in [4.69, 9.17) is 0 Å². The molecule has 23 heavy (non-hydrogen) atoms. The van der Waals surface area contributed by atoms with Crippen LogP contribution in [0.4, 0.5) is 5.69 Å².